The molecule has 0 aromatic heterocycles. The summed E-state index contributed by atoms with van der Waals surface area (Å²) < 4.78 is 0. The van der Waals surface area contributed by atoms with Crippen LogP contribution in [-0.4, -0.2) is 28.8 Å². The van der Waals surface area contributed by atoms with Crippen LogP contribution in [0.4, 0.5) is 5.69 Å². The van der Waals surface area contributed by atoms with Crippen LogP contribution in [0.5, 0.6) is 0 Å². The lowest BCUT2D eigenvalue weighted by Gasteiger charge is -2.34. The number of nitrogens with zero attached hydrogens (tertiary/aromatic N) is 1. The average Bonchev–Trinajstić information content (AvgIpc) is 2.33. The molecule has 0 aliphatic heterocycles. The van der Waals surface area contributed by atoms with E-state index in [4.69, 9.17) is 11.6 Å². The van der Waals surface area contributed by atoms with Crippen molar-refractivity contribution in [1.82, 2.24) is 4.90 Å². The molecule has 1 N–H and O–H groups in total. The van der Waals surface area contributed by atoms with E-state index in [1.807, 2.05) is 27.7 Å². The van der Waals surface area contributed by atoms with Crippen LogP contribution >= 0.6 is 11.6 Å². The van der Waals surface area contributed by atoms with Gasteiger partial charge in [0.05, 0.1) is 0 Å². The SMILES string of the molecule is CCN(C(=O)C(=O)Nc1cccc(Cl)c1C)C(C)(C)C. The molecule has 0 spiro atoms. The number of hydrogen-bond donors (Lipinski definition) is 1. The molecule has 0 aliphatic rings. The molecule has 0 aliphatic carbocycles. The van der Waals surface area contributed by atoms with E-state index < -0.39 is 17.4 Å². The Kier molecular flexibility index (Phi) is 5.17. The number of carbonyl (C=O) groups is 2. The fourth-order valence-electron chi connectivity index (χ4n) is 1.96. The van der Waals surface area contributed by atoms with Crippen molar-refractivity contribution in [3.05, 3.63) is 28.8 Å². The summed E-state index contributed by atoms with van der Waals surface area (Å²) in [6.07, 6.45) is 0. The molecule has 1 rings (SSSR count). The topological polar surface area (TPSA) is 49.4 Å². The van der Waals surface area contributed by atoms with Crippen molar-refractivity contribution < 1.29 is 9.59 Å². The first kappa shape index (κ1) is 16.5. The quantitative estimate of drug-likeness (QED) is 0.852. The molecule has 1 aromatic carbocycles. The molecule has 110 valence electrons. The second kappa shape index (κ2) is 6.27. The summed E-state index contributed by atoms with van der Waals surface area (Å²) in [6.45, 7) is 9.81. The summed E-state index contributed by atoms with van der Waals surface area (Å²) in [4.78, 5) is 25.8. The minimum Gasteiger partial charge on any atom is -0.330 e. The molecule has 0 atom stereocenters. The van der Waals surface area contributed by atoms with Gasteiger partial charge in [-0.3, -0.25) is 9.59 Å². The molecule has 0 unspecified atom stereocenters. The van der Waals surface area contributed by atoms with Crippen molar-refractivity contribution in [2.45, 2.75) is 40.2 Å². The molecule has 20 heavy (non-hydrogen) atoms. The smallest absolute Gasteiger partial charge is 0.313 e. The zero-order chi connectivity index (χ0) is 15.5. The van der Waals surface area contributed by atoms with Crippen molar-refractivity contribution in [2.75, 3.05) is 11.9 Å². The van der Waals surface area contributed by atoms with Crippen LogP contribution in [0, 0.1) is 6.92 Å². The number of likely N-dealkylation sites (N-methyl/N-ethyl adjacent to an activating group) is 1. The predicted molar refractivity (Wildman–Crippen MR) is 82.0 cm³/mol. The van der Waals surface area contributed by atoms with Gasteiger partial charge in [0.25, 0.3) is 0 Å². The number of halogens is 1. The largest absolute Gasteiger partial charge is 0.330 e. The van der Waals surface area contributed by atoms with Gasteiger partial charge in [-0.15, -0.1) is 0 Å². The summed E-state index contributed by atoms with van der Waals surface area (Å²) in [6, 6.07) is 5.19. The number of anilines is 1. The van der Waals surface area contributed by atoms with Gasteiger partial charge in [-0.1, -0.05) is 17.7 Å². The Morgan fingerprint density at radius 3 is 2.40 bits per heavy atom. The first-order valence-electron chi connectivity index (χ1n) is 6.56. The summed E-state index contributed by atoms with van der Waals surface area (Å²) in [5.74, 6) is -1.19. The first-order valence-corrected chi connectivity index (χ1v) is 6.94. The van der Waals surface area contributed by atoms with Crippen molar-refractivity contribution in [3.63, 3.8) is 0 Å². The average molecular weight is 297 g/mol. The Hall–Kier alpha value is -1.55. The molecule has 1 aromatic rings. The van der Waals surface area contributed by atoms with Crippen molar-refractivity contribution in [1.29, 1.82) is 0 Å². The molecule has 0 heterocycles. The monoisotopic (exact) mass is 296 g/mol. The van der Waals surface area contributed by atoms with Gasteiger partial charge in [0.1, 0.15) is 0 Å². The Morgan fingerprint density at radius 2 is 1.90 bits per heavy atom. The third kappa shape index (κ3) is 3.73. The number of carbonyl (C=O) groups excluding carboxylic acids is 2. The molecular formula is C15H21ClN2O2. The Morgan fingerprint density at radius 1 is 1.30 bits per heavy atom. The van der Waals surface area contributed by atoms with Crippen LogP contribution < -0.4 is 5.32 Å². The van der Waals surface area contributed by atoms with Crippen molar-refractivity contribution in [2.24, 2.45) is 0 Å². The first-order chi connectivity index (χ1) is 9.18. The molecule has 0 radical (unpaired) electrons. The number of amides is 2. The molecule has 2 amide bonds. The molecule has 4 nitrogen and oxygen atoms in total. The third-order valence-corrected chi connectivity index (χ3v) is 3.49. The fraction of sp³-hybridized carbons (Fsp3) is 0.467. The minimum absolute atomic E-state index is 0.396. The highest BCUT2D eigenvalue weighted by Crippen LogP contribution is 2.23. The molecule has 0 fully saturated rings. The van der Waals surface area contributed by atoms with Gasteiger partial charge < -0.3 is 10.2 Å². The number of hydrogen-bond acceptors (Lipinski definition) is 2. The Balaban J connectivity index is 2.91. The summed E-state index contributed by atoms with van der Waals surface area (Å²) in [5, 5.41) is 3.18. The zero-order valence-corrected chi connectivity index (χ0v) is 13.3. The maximum Gasteiger partial charge on any atom is 0.313 e. The Bertz CT molecular complexity index is 521. The van der Waals surface area contributed by atoms with Crippen molar-refractivity contribution >= 4 is 29.1 Å². The van der Waals surface area contributed by atoms with E-state index in [1.165, 1.54) is 4.90 Å². The standard InChI is InChI=1S/C15H21ClN2O2/c1-6-18(15(3,4)5)14(20)13(19)17-12-9-7-8-11(16)10(12)2/h7-9H,6H2,1-5H3,(H,17,19). The summed E-state index contributed by atoms with van der Waals surface area (Å²) >= 11 is 5.99. The van der Waals surface area contributed by atoms with Crippen LogP contribution in [0.25, 0.3) is 0 Å². The predicted octanol–water partition coefficient (Wildman–Crippen LogP) is 3.23. The van der Waals surface area contributed by atoms with E-state index in [-0.39, 0.29) is 0 Å². The molecular weight excluding hydrogens is 276 g/mol. The van der Waals surface area contributed by atoms with Gasteiger partial charge in [0.15, 0.2) is 0 Å². The number of benzene rings is 1. The highest BCUT2D eigenvalue weighted by molar-refractivity contribution is 6.40. The maximum absolute atomic E-state index is 12.2. The van der Waals surface area contributed by atoms with Crippen LogP contribution in [0.15, 0.2) is 18.2 Å². The summed E-state index contributed by atoms with van der Waals surface area (Å²) in [5.41, 5.74) is 0.905. The molecule has 5 heteroatoms. The highest BCUT2D eigenvalue weighted by Gasteiger charge is 2.29. The zero-order valence-electron chi connectivity index (χ0n) is 12.6. The van der Waals surface area contributed by atoms with E-state index in [2.05, 4.69) is 5.32 Å². The second-order valence-electron chi connectivity index (χ2n) is 5.59. The molecule has 0 saturated carbocycles. The van der Waals surface area contributed by atoms with E-state index in [0.29, 0.717) is 17.3 Å². The van der Waals surface area contributed by atoms with Gasteiger partial charge in [-0.2, -0.15) is 0 Å². The van der Waals surface area contributed by atoms with Crippen LogP contribution in [0.2, 0.25) is 5.02 Å². The highest BCUT2D eigenvalue weighted by atomic mass is 35.5. The van der Waals surface area contributed by atoms with Crippen LogP contribution in [0.3, 0.4) is 0 Å². The van der Waals surface area contributed by atoms with Gasteiger partial charge in [0, 0.05) is 22.8 Å². The maximum atomic E-state index is 12.2. The van der Waals surface area contributed by atoms with E-state index in [1.54, 1.807) is 25.1 Å². The van der Waals surface area contributed by atoms with E-state index in [9.17, 15) is 9.59 Å². The van der Waals surface area contributed by atoms with Gasteiger partial charge >= 0.3 is 11.8 Å². The fourth-order valence-corrected chi connectivity index (χ4v) is 2.14. The van der Waals surface area contributed by atoms with Gasteiger partial charge in [-0.25, -0.2) is 0 Å². The lowest BCUT2D eigenvalue weighted by atomic mass is 10.1. The van der Waals surface area contributed by atoms with Crippen molar-refractivity contribution in [3.8, 4) is 0 Å². The Labute approximate surface area is 125 Å². The van der Waals surface area contributed by atoms with Crippen LogP contribution in [-0.2, 0) is 9.59 Å². The van der Waals surface area contributed by atoms with E-state index >= 15 is 0 Å². The lowest BCUT2D eigenvalue weighted by Crippen LogP contribution is -2.49. The normalized spacial score (nSPS) is 11.1. The summed E-state index contributed by atoms with van der Waals surface area (Å²) in [7, 11) is 0. The minimum atomic E-state index is -0.646. The van der Waals surface area contributed by atoms with Gasteiger partial charge in [-0.05, 0) is 52.3 Å². The van der Waals surface area contributed by atoms with Crippen LogP contribution in [0.1, 0.15) is 33.3 Å². The van der Waals surface area contributed by atoms with Gasteiger partial charge in [0.2, 0.25) is 0 Å². The second-order valence-corrected chi connectivity index (χ2v) is 5.99. The molecule has 0 saturated heterocycles. The lowest BCUT2D eigenvalue weighted by molar-refractivity contribution is -0.146. The number of rotatable bonds is 2. The molecule has 0 bridgehead atoms. The third-order valence-electron chi connectivity index (χ3n) is 3.08. The van der Waals surface area contributed by atoms with E-state index in [0.717, 1.165) is 5.56 Å². The number of nitrogens with one attached hydrogen (secondary N) is 1.